The molecule has 0 radical (unpaired) electrons. The van der Waals surface area contributed by atoms with Gasteiger partial charge in [-0.2, -0.15) is 0 Å². The first-order chi connectivity index (χ1) is 19.2. The topological polar surface area (TPSA) is 94.2 Å². The van der Waals surface area contributed by atoms with E-state index in [1.165, 1.54) is 13.2 Å². The van der Waals surface area contributed by atoms with E-state index in [0.717, 1.165) is 22.4 Å². The number of barbiturate groups is 1. The third-order valence-corrected chi connectivity index (χ3v) is 7.10. The molecule has 1 heterocycles. The van der Waals surface area contributed by atoms with Crippen LogP contribution in [0, 0.1) is 6.92 Å². The highest BCUT2D eigenvalue weighted by atomic mass is 79.9. The van der Waals surface area contributed by atoms with Crippen molar-refractivity contribution in [3.63, 3.8) is 0 Å². The maximum Gasteiger partial charge on any atom is 0.331 e. The monoisotopic (exact) mass is 670 g/mol. The van der Waals surface area contributed by atoms with Crippen LogP contribution in [0.4, 0.5) is 4.79 Å². The van der Waals surface area contributed by atoms with Crippen molar-refractivity contribution >= 4 is 55.8 Å². The van der Waals surface area contributed by atoms with Crippen LogP contribution in [0.1, 0.15) is 35.6 Å². The summed E-state index contributed by atoms with van der Waals surface area (Å²) in [5.41, 5.74) is 3.02. The highest BCUT2D eigenvalue weighted by Crippen LogP contribution is 2.36. The van der Waals surface area contributed by atoms with Crippen molar-refractivity contribution in [2.75, 3.05) is 13.7 Å². The number of methoxy groups -OCH3 is 1. The molecule has 1 fully saturated rings. The van der Waals surface area contributed by atoms with Gasteiger partial charge in [0.1, 0.15) is 17.9 Å². The van der Waals surface area contributed by atoms with Gasteiger partial charge in [0.05, 0.1) is 24.7 Å². The molecule has 208 valence electrons. The maximum absolute atomic E-state index is 13.5. The number of carbonyl (C=O) groups excluding carboxylic acids is 3. The summed E-state index contributed by atoms with van der Waals surface area (Å²) >= 11 is 6.98. The van der Waals surface area contributed by atoms with Crippen molar-refractivity contribution in [3.8, 4) is 17.2 Å². The average Bonchev–Trinajstić information content (AvgIpc) is 2.92. The maximum atomic E-state index is 13.5. The summed E-state index contributed by atoms with van der Waals surface area (Å²) in [5.74, 6) is -0.00578. The lowest BCUT2D eigenvalue weighted by Gasteiger charge is -2.27. The molecule has 0 saturated carbocycles. The second-order valence-corrected chi connectivity index (χ2v) is 10.9. The fourth-order valence-electron chi connectivity index (χ4n) is 4.00. The number of ether oxygens (including phenoxy) is 3. The molecule has 3 aromatic carbocycles. The number of nitrogens with zero attached hydrogens (tertiary/aromatic N) is 1. The Balaban J connectivity index is 1.62. The number of nitrogens with one attached hydrogen (secondary N) is 1. The van der Waals surface area contributed by atoms with Crippen LogP contribution in [0.5, 0.6) is 17.2 Å². The molecular weight excluding hydrogens is 644 g/mol. The summed E-state index contributed by atoms with van der Waals surface area (Å²) in [7, 11) is 1.52. The number of hydrogen-bond donors (Lipinski definition) is 1. The summed E-state index contributed by atoms with van der Waals surface area (Å²) in [6.45, 7) is 4.75. The minimum atomic E-state index is -0.802. The van der Waals surface area contributed by atoms with E-state index in [0.29, 0.717) is 43.9 Å². The fraction of sp³-hybridized carbons (Fsp3) is 0.233. The predicted molar refractivity (Wildman–Crippen MR) is 158 cm³/mol. The molecule has 1 aliphatic heterocycles. The van der Waals surface area contributed by atoms with Gasteiger partial charge in [-0.25, -0.2) is 4.79 Å². The molecule has 8 nitrogen and oxygen atoms in total. The minimum Gasteiger partial charge on any atom is -0.493 e. The van der Waals surface area contributed by atoms with E-state index in [1.54, 1.807) is 24.3 Å². The van der Waals surface area contributed by atoms with Crippen LogP contribution < -0.4 is 19.5 Å². The normalized spacial score (nSPS) is 14.4. The molecule has 0 aromatic heterocycles. The third kappa shape index (κ3) is 6.92. The summed E-state index contributed by atoms with van der Waals surface area (Å²) in [6.07, 6.45) is 2.27. The van der Waals surface area contributed by atoms with Gasteiger partial charge in [0.15, 0.2) is 11.5 Å². The highest BCUT2D eigenvalue weighted by Gasteiger charge is 2.36. The van der Waals surface area contributed by atoms with Gasteiger partial charge in [0.2, 0.25) is 0 Å². The number of aryl methyl sites for hydroxylation is 1. The zero-order chi connectivity index (χ0) is 28.8. The zero-order valence-corrected chi connectivity index (χ0v) is 25.4. The number of hydrogen-bond acceptors (Lipinski definition) is 6. The second kappa shape index (κ2) is 13.1. The van der Waals surface area contributed by atoms with Gasteiger partial charge in [-0.1, -0.05) is 58.7 Å². The van der Waals surface area contributed by atoms with Crippen LogP contribution in [0.15, 0.2) is 69.1 Å². The lowest BCUT2D eigenvalue weighted by Crippen LogP contribution is -2.53. The van der Waals surface area contributed by atoms with Gasteiger partial charge < -0.3 is 14.2 Å². The number of rotatable bonds is 10. The lowest BCUT2D eigenvalue weighted by molar-refractivity contribution is -0.130. The van der Waals surface area contributed by atoms with Crippen molar-refractivity contribution in [2.24, 2.45) is 0 Å². The Bertz CT molecular complexity index is 1470. The van der Waals surface area contributed by atoms with Crippen LogP contribution in [0.25, 0.3) is 6.08 Å². The van der Waals surface area contributed by atoms with E-state index in [9.17, 15) is 14.4 Å². The van der Waals surface area contributed by atoms with Crippen LogP contribution >= 0.6 is 31.9 Å². The molecule has 1 saturated heterocycles. The third-order valence-electron chi connectivity index (χ3n) is 6.06. The molecule has 4 amide bonds. The Labute approximate surface area is 249 Å². The lowest BCUT2D eigenvalue weighted by atomic mass is 10.1. The first-order valence-electron chi connectivity index (χ1n) is 12.6. The van der Waals surface area contributed by atoms with Crippen molar-refractivity contribution in [2.45, 2.75) is 33.4 Å². The van der Waals surface area contributed by atoms with Crippen molar-refractivity contribution < 1.29 is 28.6 Å². The van der Waals surface area contributed by atoms with Gasteiger partial charge in [-0.05, 0) is 70.7 Å². The average molecular weight is 672 g/mol. The van der Waals surface area contributed by atoms with E-state index in [4.69, 9.17) is 14.2 Å². The zero-order valence-electron chi connectivity index (χ0n) is 22.3. The van der Waals surface area contributed by atoms with Crippen molar-refractivity contribution in [1.82, 2.24) is 10.2 Å². The number of benzene rings is 3. The summed E-state index contributed by atoms with van der Waals surface area (Å²) in [5, 5.41) is 2.27. The Morgan fingerprint density at radius 3 is 2.35 bits per heavy atom. The Kier molecular flexibility index (Phi) is 9.65. The smallest absolute Gasteiger partial charge is 0.331 e. The molecule has 3 aromatic rings. The number of urea groups is 1. The Morgan fingerprint density at radius 2 is 1.65 bits per heavy atom. The number of imide groups is 2. The van der Waals surface area contributed by atoms with Gasteiger partial charge in [-0.3, -0.25) is 19.8 Å². The Hall–Kier alpha value is -3.63. The molecule has 1 aliphatic rings. The standard InChI is InChI=1S/C30H28Br2N2O6/c1-4-11-39-25-10-9-20(12-26(25)38-3)16-34-29(36)23(28(35)33-30(34)37)14-21-13-22(31)15-24(32)27(21)40-17-19-7-5-18(2)6-8-19/h5-10,12-15H,4,11,16-17H2,1-3H3,(H,33,35,37)/b23-14+. The molecule has 0 spiro atoms. The van der Waals surface area contributed by atoms with Crippen LogP contribution in [0.2, 0.25) is 0 Å². The van der Waals surface area contributed by atoms with E-state index in [1.807, 2.05) is 44.2 Å². The van der Waals surface area contributed by atoms with Crippen LogP contribution in [-0.4, -0.2) is 36.5 Å². The largest absolute Gasteiger partial charge is 0.493 e. The SMILES string of the molecule is CCCOc1ccc(CN2C(=O)NC(=O)/C(=C\c3cc(Br)cc(Br)c3OCc3ccc(C)cc3)C2=O)cc1OC. The van der Waals surface area contributed by atoms with Crippen LogP contribution in [-0.2, 0) is 22.7 Å². The first kappa shape index (κ1) is 29.4. The highest BCUT2D eigenvalue weighted by molar-refractivity contribution is 9.11. The van der Waals surface area contributed by atoms with E-state index in [2.05, 4.69) is 37.2 Å². The van der Waals surface area contributed by atoms with Crippen molar-refractivity contribution in [1.29, 1.82) is 0 Å². The fourth-order valence-corrected chi connectivity index (χ4v) is 5.37. The van der Waals surface area contributed by atoms with Gasteiger partial charge in [-0.15, -0.1) is 0 Å². The van der Waals surface area contributed by atoms with Crippen molar-refractivity contribution in [3.05, 3.63) is 91.4 Å². The summed E-state index contributed by atoms with van der Waals surface area (Å²) in [6, 6.07) is 15.9. The number of halogens is 2. The molecule has 0 aliphatic carbocycles. The molecular formula is C30H28Br2N2O6. The number of amides is 4. The summed E-state index contributed by atoms with van der Waals surface area (Å²) in [4.78, 5) is 39.9. The van der Waals surface area contributed by atoms with E-state index < -0.39 is 17.8 Å². The van der Waals surface area contributed by atoms with Gasteiger partial charge >= 0.3 is 6.03 Å². The molecule has 10 heteroatoms. The minimum absolute atomic E-state index is 0.0708. The first-order valence-corrected chi connectivity index (χ1v) is 14.1. The quantitative estimate of drug-likeness (QED) is 0.194. The molecule has 0 unspecified atom stereocenters. The number of carbonyl (C=O) groups is 3. The summed E-state index contributed by atoms with van der Waals surface area (Å²) < 4.78 is 18.6. The second-order valence-electron chi connectivity index (χ2n) is 9.12. The predicted octanol–water partition coefficient (Wildman–Crippen LogP) is 6.56. The van der Waals surface area contributed by atoms with Crippen LogP contribution in [0.3, 0.4) is 0 Å². The molecule has 0 bridgehead atoms. The molecule has 1 N–H and O–H groups in total. The molecule has 4 rings (SSSR count). The molecule has 0 atom stereocenters. The van der Waals surface area contributed by atoms with Gasteiger partial charge in [0, 0.05) is 10.0 Å². The molecule has 40 heavy (non-hydrogen) atoms. The van der Waals surface area contributed by atoms with E-state index >= 15 is 0 Å². The van der Waals surface area contributed by atoms with Gasteiger partial charge in [0.25, 0.3) is 11.8 Å². The van der Waals surface area contributed by atoms with E-state index in [-0.39, 0.29) is 18.7 Å². The Morgan fingerprint density at radius 1 is 0.925 bits per heavy atom.